The summed E-state index contributed by atoms with van der Waals surface area (Å²) in [5.41, 5.74) is -0.418. The second kappa shape index (κ2) is 6.81. The Morgan fingerprint density at radius 2 is 2.00 bits per heavy atom. The molecule has 0 aromatic heterocycles. The van der Waals surface area contributed by atoms with Crippen LogP contribution in [0, 0.1) is 5.82 Å². The number of hydrogen-bond donors (Lipinski definition) is 1. The molecule has 0 radical (unpaired) electrons. The Bertz CT molecular complexity index is 598. The van der Waals surface area contributed by atoms with Gasteiger partial charge in [-0.15, -0.1) is 0 Å². The van der Waals surface area contributed by atoms with Gasteiger partial charge in [-0.2, -0.15) is 0 Å². The number of nitrogens with zero attached hydrogens (tertiary/aromatic N) is 2. The van der Waals surface area contributed by atoms with E-state index in [0.717, 1.165) is 13.1 Å². The van der Waals surface area contributed by atoms with Gasteiger partial charge in [0.05, 0.1) is 12.1 Å². The molecule has 1 aromatic rings. The van der Waals surface area contributed by atoms with E-state index in [0.29, 0.717) is 31.6 Å². The summed E-state index contributed by atoms with van der Waals surface area (Å²) in [7, 11) is 0. The molecule has 1 amide bonds. The summed E-state index contributed by atoms with van der Waals surface area (Å²) in [5, 5.41) is 10.7. The number of hydrogen-bond acceptors (Lipinski definition) is 3. The molecular weight excluding hydrogens is 295 g/mol. The van der Waals surface area contributed by atoms with Crippen molar-refractivity contribution < 1.29 is 14.3 Å². The maximum Gasteiger partial charge on any atom is 0.246 e. The van der Waals surface area contributed by atoms with Crippen LogP contribution in [-0.4, -0.2) is 59.1 Å². The minimum absolute atomic E-state index is 0.175. The molecule has 1 aromatic carbocycles. The summed E-state index contributed by atoms with van der Waals surface area (Å²) in [5.74, 6) is -0.519. The van der Waals surface area contributed by atoms with Crippen molar-refractivity contribution >= 4 is 12.0 Å². The van der Waals surface area contributed by atoms with E-state index in [1.165, 1.54) is 31.1 Å². The van der Waals surface area contributed by atoms with Crippen LogP contribution in [0.25, 0.3) is 6.08 Å². The zero-order valence-electron chi connectivity index (χ0n) is 13.2. The Morgan fingerprint density at radius 3 is 2.74 bits per heavy atom. The van der Waals surface area contributed by atoms with Crippen molar-refractivity contribution in [3.63, 3.8) is 0 Å². The van der Waals surface area contributed by atoms with Crippen LogP contribution in [0.15, 0.2) is 30.3 Å². The first-order chi connectivity index (χ1) is 11.1. The van der Waals surface area contributed by atoms with Crippen LogP contribution < -0.4 is 0 Å². The lowest BCUT2D eigenvalue weighted by Crippen LogP contribution is -2.44. The van der Waals surface area contributed by atoms with E-state index in [-0.39, 0.29) is 11.7 Å². The highest BCUT2D eigenvalue weighted by atomic mass is 19.1. The van der Waals surface area contributed by atoms with E-state index in [2.05, 4.69) is 4.90 Å². The topological polar surface area (TPSA) is 43.8 Å². The molecule has 2 heterocycles. The Hall–Kier alpha value is -1.72. The molecule has 2 fully saturated rings. The molecule has 0 spiro atoms. The first-order valence-corrected chi connectivity index (χ1v) is 8.22. The molecule has 0 aliphatic carbocycles. The third kappa shape index (κ3) is 3.98. The molecule has 2 saturated heterocycles. The Kier molecular flexibility index (Phi) is 4.78. The summed E-state index contributed by atoms with van der Waals surface area (Å²) < 4.78 is 13.5. The van der Waals surface area contributed by atoms with Gasteiger partial charge >= 0.3 is 0 Å². The van der Waals surface area contributed by atoms with Crippen molar-refractivity contribution in [1.29, 1.82) is 0 Å². The fourth-order valence-corrected chi connectivity index (χ4v) is 3.41. The fraction of sp³-hybridized carbons (Fsp3) is 0.500. The monoisotopic (exact) mass is 318 g/mol. The molecule has 23 heavy (non-hydrogen) atoms. The maximum absolute atomic E-state index is 13.5. The standard InChI is InChI=1S/C18H23FN2O2/c19-16-6-2-1-5-15(16)7-8-17(22)21-12-9-18(23,14-21)13-20-10-3-4-11-20/h1-2,5-8,23H,3-4,9-14H2/b8-7+. The highest BCUT2D eigenvalue weighted by Crippen LogP contribution is 2.24. The van der Waals surface area contributed by atoms with Crippen LogP contribution in [0.3, 0.4) is 0 Å². The molecule has 1 N–H and O–H groups in total. The second-order valence-electron chi connectivity index (χ2n) is 6.57. The quantitative estimate of drug-likeness (QED) is 0.862. The fourth-order valence-electron chi connectivity index (χ4n) is 3.41. The molecule has 124 valence electrons. The van der Waals surface area contributed by atoms with E-state index >= 15 is 0 Å². The predicted octanol–water partition coefficient (Wildman–Crippen LogP) is 1.90. The van der Waals surface area contributed by atoms with Crippen LogP contribution >= 0.6 is 0 Å². The molecule has 1 unspecified atom stereocenters. The van der Waals surface area contributed by atoms with Gasteiger partial charge in [-0.1, -0.05) is 18.2 Å². The molecule has 1 atom stereocenters. The summed E-state index contributed by atoms with van der Waals surface area (Å²) >= 11 is 0. The molecule has 4 nitrogen and oxygen atoms in total. The zero-order chi connectivity index (χ0) is 16.3. The maximum atomic E-state index is 13.5. The van der Waals surface area contributed by atoms with E-state index in [9.17, 15) is 14.3 Å². The highest BCUT2D eigenvalue weighted by molar-refractivity contribution is 5.92. The summed E-state index contributed by atoms with van der Waals surface area (Å²) in [4.78, 5) is 16.2. The average molecular weight is 318 g/mol. The lowest BCUT2D eigenvalue weighted by Gasteiger charge is -2.28. The molecule has 2 aliphatic rings. The van der Waals surface area contributed by atoms with E-state index in [1.54, 1.807) is 23.1 Å². The third-order valence-electron chi connectivity index (χ3n) is 4.67. The van der Waals surface area contributed by atoms with Crippen molar-refractivity contribution in [2.75, 3.05) is 32.7 Å². The molecule has 2 aliphatic heterocycles. The largest absolute Gasteiger partial charge is 0.387 e. The van der Waals surface area contributed by atoms with Gasteiger partial charge in [0, 0.05) is 24.7 Å². The molecule has 0 bridgehead atoms. The Morgan fingerprint density at radius 1 is 1.26 bits per heavy atom. The molecular formula is C18H23FN2O2. The van der Waals surface area contributed by atoms with Gasteiger partial charge < -0.3 is 14.9 Å². The number of carbonyl (C=O) groups excluding carboxylic acids is 1. The average Bonchev–Trinajstić information content (AvgIpc) is 3.16. The van der Waals surface area contributed by atoms with Crippen LogP contribution in [0.2, 0.25) is 0 Å². The Labute approximate surface area is 136 Å². The predicted molar refractivity (Wildman–Crippen MR) is 87.3 cm³/mol. The molecule has 0 saturated carbocycles. The number of benzene rings is 1. The van der Waals surface area contributed by atoms with Crippen molar-refractivity contribution in [1.82, 2.24) is 9.80 Å². The van der Waals surface area contributed by atoms with Gasteiger partial charge in [0.15, 0.2) is 0 Å². The van der Waals surface area contributed by atoms with Crippen LogP contribution in [0.1, 0.15) is 24.8 Å². The number of amides is 1. The third-order valence-corrected chi connectivity index (χ3v) is 4.67. The van der Waals surface area contributed by atoms with Crippen molar-refractivity contribution in [3.05, 3.63) is 41.7 Å². The van der Waals surface area contributed by atoms with Gasteiger partial charge in [-0.25, -0.2) is 4.39 Å². The van der Waals surface area contributed by atoms with Crippen LogP contribution in [0.5, 0.6) is 0 Å². The zero-order valence-corrected chi connectivity index (χ0v) is 13.2. The molecule has 3 rings (SSSR count). The van der Waals surface area contributed by atoms with Gasteiger partial charge in [0.2, 0.25) is 5.91 Å². The number of likely N-dealkylation sites (tertiary alicyclic amines) is 2. The summed E-state index contributed by atoms with van der Waals surface area (Å²) in [6, 6.07) is 6.35. The Balaban J connectivity index is 1.57. The lowest BCUT2D eigenvalue weighted by molar-refractivity contribution is -0.126. The number of carbonyl (C=O) groups is 1. The number of aliphatic hydroxyl groups is 1. The van der Waals surface area contributed by atoms with Crippen LogP contribution in [-0.2, 0) is 4.79 Å². The first-order valence-electron chi connectivity index (χ1n) is 8.22. The minimum atomic E-state index is -0.814. The minimum Gasteiger partial charge on any atom is -0.387 e. The van der Waals surface area contributed by atoms with Crippen molar-refractivity contribution in [3.8, 4) is 0 Å². The summed E-state index contributed by atoms with van der Waals surface area (Å²) in [6.45, 7) is 3.59. The van der Waals surface area contributed by atoms with E-state index < -0.39 is 5.60 Å². The normalized spacial score (nSPS) is 25.6. The summed E-state index contributed by atoms with van der Waals surface area (Å²) in [6.07, 6.45) is 5.85. The van der Waals surface area contributed by atoms with Crippen molar-refractivity contribution in [2.45, 2.75) is 24.9 Å². The van der Waals surface area contributed by atoms with Gasteiger partial charge in [0.1, 0.15) is 5.82 Å². The lowest BCUT2D eigenvalue weighted by atomic mass is 10.0. The van der Waals surface area contributed by atoms with Crippen LogP contribution in [0.4, 0.5) is 4.39 Å². The number of β-amino-alcohol motifs (C(OH)–C–C–N with tert-alkyl or cyclic N) is 1. The SMILES string of the molecule is O=C(/C=C/c1ccccc1F)N1CCC(O)(CN2CCCC2)C1. The van der Waals surface area contributed by atoms with Crippen molar-refractivity contribution in [2.24, 2.45) is 0 Å². The first kappa shape index (κ1) is 16.1. The highest BCUT2D eigenvalue weighted by Gasteiger charge is 2.39. The smallest absolute Gasteiger partial charge is 0.246 e. The van der Waals surface area contributed by atoms with Gasteiger partial charge in [-0.3, -0.25) is 4.79 Å². The van der Waals surface area contributed by atoms with Gasteiger partial charge in [-0.05, 0) is 44.5 Å². The number of halogens is 1. The second-order valence-corrected chi connectivity index (χ2v) is 6.57. The van der Waals surface area contributed by atoms with E-state index in [1.807, 2.05) is 0 Å². The molecule has 5 heteroatoms. The van der Waals surface area contributed by atoms with Gasteiger partial charge in [0.25, 0.3) is 0 Å². The van der Waals surface area contributed by atoms with E-state index in [4.69, 9.17) is 0 Å². The number of rotatable bonds is 4.